The highest BCUT2D eigenvalue weighted by Gasteiger charge is 2.26. The Morgan fingerprint density at radius 2 is 1.62 bits per heavy atom. The van der Waals surface area contributed by atoms with Crippen molar-refractivity contribution >= 4 is 22.8 Å². The van der Waals surface area contributed by atoms with E-state index in [-0.39, 0.29) is 11.7 Å². The normalized spacial score (nSPS) is 13.6. The van der Waals surface area contributed by atoms with Crippen LogP contribution in [-0.4, -0.2) is 58.1 Å². The fourth-order valence-electron chi connectivity index (χ4n) is 5.14. The summed E-state index contributed by atoms with van der Waals surface area (Å²) >= 11 is 0. The molecule has 1 amide bonds. The van der Waals surface area contributed by atoms with Crippen LogP contribution in [0.15, 0.2) is 91.4 Å². The number of aromatic nitrogens is 3. The Bertz CT molecular complexity index is 1610. The highest BCUT2D eigenvalue weighted by atomic mass is 19.1. The molecule has 1 aliphatic rings. The molecular weight excluding hydrogens is 505 g/mol. The lowest BCUT2D eigenvalue weighted by atomic mass is 10.1. The van der Waals surface area contributed by atoms with Crippen molar-refractivity contribution in [3.63, 3.8) is 0 Å². The predicted molar refractivity (Wildman–Crippen MR) is 155 cm³/mol. The van der Waals surface area contributed by atoms with Crippen molar-refractivity contribution in [3.05, 3.63) is 103 Å². The lowest BCUT2D eigenvalue weighted by molar-refractivity contribution is 0.0746. The number of halogens is 1. The highest BCUT2D eigenvalue weighted by molar-refractivity contribution is 6.02. The quantitative estimate of drug-likeness (QED) is 0.257. The Balaban J connectivity index is 1.29. The average molecular weight is 536 g/mol. The van der Waals surface area contributed by atoms with Crippen molar-refractivity contribution in [2.75, 3.05) is 37.7 Å². The minimum Gasteiger partial charge on any atom is -0.494 e. The summed E-state index contributed by atoms with van der Waals surface area (Å²) < 4.78 is 21.3. The third-order valence-corrected chi connectivity index (χ3v) is 7.19. The zero-order valence-electron chi connectivity index (χ0n) is 22.3. The van der Waals surface area contributed by atoms with Crippen molar-refractivity contribution in [2.45, 2.75) is 13.3 Å². The molecule has 2 aromatic heterocycles. The number of hydrogen-bond acceptors (Lipinski definition) is 5. The van der Waals surface area contributed by atoms with Gasteiger partial charge in [0.2, 0.25) is 0 Å². The van der Waals surface area contributed by atoms with E-state index in [1.165, 1.54) is 12.1 Å². The van der Waals surface area contributed by atoms with Gasteiger partial charge in [-0.15, -0.1) is 0 Å². The van der Waals surface area contributed by atoms with Gasteiger partial charge in [-0.25, -0.2) is 14.4 Å². The topological polar surface area (TPSA) is 63.5 Å². The van der Waals surface area contributed by atoms with Gasteiger partial charge >= 0.3 is 0 Å². The number of hydrogen-bond donors (Lipinski definition) is 0. The van der Waals surface area contributed by atoms with Crippen LogP contribution in [0.3, 0.4) is 0 Å². The van der Waals surface area contributed by atoms with E-state index >= 15 is 0 Å². The molecule has 5 aromatic rings. The molecule has 0 bridgehead atoms. The van der Waals surface area contributed by atoms with Gasteiger partial charge in [0, 0.05) is 49.2 Å². The zero-order valence-corrected chi connectivity index (χ0v) is 22.3. The number of anilines is 1. The van der Waals surface area contributed by atoms with Crippen LogP contribution in [0.1, 0.15) is 23.7 Å². The monoisotopic (exact) mass is 535 g/mol. The summed E-state index contributed by atoms with van der Waals surface area (Å²) in [6.45, 7) is 5.17. The van der Waals surface area contributed by atoms with Crippen molar-refractivity contribution in [2.24, 2.45) is 0 Å². The largest absolute Gasteiger partial charge is 0.494 e. The molecule has 0 N–H and O–H groups in total. The molecule has 0 atom stereocenters. The summed E-state index contributed by atoms with van der Waals surface area (Å²) in [6, 6.07) is 23.9. The van der Waals surface area contributed by atoms with E-state index in [1.807, 2.05) is 58.1 Å². The molecule has 202 valence electrons. The summed E-state index contributed by atoms with van der Waals surface area (Å²) in [7, 11) is 0. The first-order valence-corrected chi connectivity index (χ1v) is 13.6. The Kier molecular flexibility index (Phi) is 7.14. The number of amides is 1. The van der Waals surface area contributed by atoms with Gasteiger partial charge in [-0.1, -0.05) is 37.3 Å². The molecule has 6 rings (SSSR count). The van der Waals surface area contributed by atoms with Gasteiger partial charge in [0.05, 0.1) is 12.0 Å². The second-order valence-corrected chi connectivity index (χ2v) is 9.80. The van der Waals surface area contributed by atoms with Crippen LogP contribution in [-0.2, 0) is 0 Å². The second-order valence-electron chi connectivity index (χ2n) is 9.80. The van der Waals surface area contributed by atoms with E-state index in [0.29, 0.717) is 38.3 Å². The molecular formula is C32H30FN5O2. The first-order valence-electron chi connectivity index (χ1n) is 13.6. The Morgan fingerprint density at radius 3 is 2.33 bits per heavy atom. The maximum absolute atomic E-state index is 13.7. The van der Waals surface area contributed by atoms with E-state index in [4.69, 9.17) is 9.72 Å². The molecule has 0 unspecified atom stereocenters. The summed E-state index contributed by atoms with van der Waals surface area (Å²) in [5.41, 5.74) is 4.27. The molecule has 40 heavy (non-hydrogen) atoms. The van der Waals surface area contributed by atoms with Crippen LogP contribution in [0, 0.1) is 5.82 Å². The molecule has 3 heterocycles. The smallest absolute Gasteiger partial charge is 0.253 e. The van der Waals surface area contributed by atoms with E-state index in [1.54, 1.807) is 18.5 Å². The lowest BCUT2D eigenvalue weighted by Crippen LogP contribution is -2.49. The third-order valence-electron chi connectivity index (χ3n) is 7.19. The molecule has 8 heteroatoms. The summed E-state index contributed by atoms with van der Waals surface area (Å²) in [4.78, 5) is 26.7. The van der Waals surface area contributed by atoms with Gasteiger partial charge in [-0.2, -0.15) is 0 Å². The number of carbonyl (C=O) groups is 1. The van der Waals surface area contributed by atoms with Crippen LogP contribution in [0.5, 0.6) is 5.75 Å². The van der Waals surface area contributed by atoms with Crippen LogP contribution in [0.4, 0.5) is 10.2 Å². The molecule has 1 saturated heterocycles. The van der Waals surface area contributed by atoms with E-state index in [0.717, 1.165) is 45.8 Å². The fourth-order valence-corrected chi connectivity index (χ4v) is 5.14. The number of piperazine rings is 1. The third kappa shape index (κ3) is 5.00. The van der Waals surface area contributed by atoms with Gasteiger partial charge in [-0.3, -0.25) is 4.79 Å². The molecule has 1 fully saturated rings. The first-order chi connectivity index (χ1) is 19.6. The average Bonchev–Trinajstić information content (AvgIpc) is 3.41. The maximum atomic E-state index is 13.7. The Labute approximate surface area is 232 Å². The number of rotatable bonds is 7. The molecule has 7 nitrogen and oxygen atoms in total. The minimum absolute atomic E-state index is 0.0157. The van der Waals surface area contributed by atoms with Gasteiger partial charge in [-0.05, 0) is 60.5 Å². The van der Waals surface area contributed by atoms with Crippen LogP contribution < -0.4 is 9.64 Å². The summed E-state index contributed by atoms with van der Waals surface area (Å²) in [5, 5.41) is 0.931. The van der Waals surface area contributed by atoms with Crippen molar-refractivity contribution in [1.82, 2.24) is 19.4 Å². The summed E-state index contributed by atoms with van der Waals surface area (Å²) in [6.07, 6.45) is 4.55. The first kappa shape index (κ1) is 25.6. The molecule has 1 aliphatic heterocycles. The maximum Gasteiger partial charge on any atom is 0.253 e. The summed E-state index contributed by atoms with van der Waals surface area (Å²) in [5.74, 6) is 1.33. The molecule has 3 aromatic carbocycles. The van der Waals surface area contributed by atoms with Gasteiger partial charge in [0.1, 0.15) is 23.7 Å². The number of benzene rings is 3. The Hall–Kier alpha value is -4.72. The Morgan fingerprint density at radius 1 is 0.900 bits per heavy atom. The number of nitrogens with zero attached hydrogens (tertiary/aromatic N) is 5. The predicted octanol–water partition coefficient (Wildman–Crippen LogP) is 5.98. The molecule has 0 aliphatic carbocycles. The van der Waals surface area contributed by atoms with Gasteiger partial charge in [0.15, 0.2) is 5.65 Å². The fraction of sp³-hybridized carbons (Fsp3) is 0.219. The van der Waals surface area contributed by atoms with Crippen molar-refractivity contribution in [1.29, 1.82) is 0 Å². The van der Waals surface area contributed by atoms with Gasteiger partial charge in [0.25, 0.3) is 5.91 Å². The highest BCUT2D eigenvalue weighted by Crippen LogP contribution is 2.37. The number of carbonyl (C=O) groups excluding carboxylic acids is 1. The molecule has 0 radical (unpaired) electrons. The van der Waals surface area contributed by atoms with E-state index < -0.39 is 0 Å². The minimum atomic E-state index is -0.285. The number of ether oxygens (including phenoxy) is 1. The van der Waals surface area contributed by atoms with E-state index in [9.17, 15) is 9.18 Å². The second kappa shape index (κ2) is 11.2. The van der Waals surface area contributed by atoms with E-state index in [2.05, 4.69) is 28.9 Å². The zero-order chi connectivity index (χ0) is 27.5. The molecule has 0 spiro atoms. The van der Waals surface area contributed by atoms with Crippen molar-refractivity contribution < 1.29 is 13.9 Å². The lowest BCUT2D eigenvalue weighted by Gasteiger charge is -2.35. The van der Waals surface area contributed by atoms with Crippen molar-refractivity contribution in [3.8, 4) is 22.6 Å². The SMILES string of the molecule is CCCOc1ccc(C(=O)N2CCN(c3ncnc4c3c(-c3ccccc3)cn4-c3ccc(F)cc3)CC2)cc1. The number of fused-ring (bicyclic) bond motifs is 1. The van der Waals surface area contributed by atoms with Gasteiger partial charge < -0.3 is 19.1 Å². The van der Waals surface area contributed by atoms with Crippen LogP contribution in [0.2, 0.25) is 0 Å². The standard InChI is InChI=1S/C32H30FN5O2/c1-2-20-40-27-14-8-24(9-15-27)32(39)37-18-16-36(17-19-37)30-29-28(23-6-4-3-5-7-23)21-38(31(29)35-22-34-30)26-12-10-25(33)11-13-26/h3-15,21-22H,2,16-20H2,1H3. The molecule has 0 saturated carbocycles. The van der Waals surface area contributed by atoms with Crippen LogP contribution >= 0.6 is 0 Å². The van der Waals surface area contributed by atoms with Crippen LogP contribution in [0.25, 0.3) is 27.8 Å².